The summed E-state index contributed by atoms with van der Waals surface area (Å²) in [4.78, 5) is 21.9. The number of hydrogen-bond donors (Lipinski definition) is 0. The van der Waals surface area contributed by atoms with Gasteiger partial charge in [0.05, 0.1) is 32.6 Å². The molecular formula is C26H25ClF2N3O2PS2. The van der Waals surface area contributed by atoms with Crippen LogP contribution in [0.2, 0.25) is 5.02 Å². The number of halogens is 3. The summed E-state index contributed by atoms with van der Waals surface area (Å²) in [6, 6.07) is 6.03. The Bertz CT molecular complexity index is 1550. The van der Waals surface area contributed by atoms with Gasteiger partial charge in [-0.25, -0.2) is 13.8 Å². The first-order valence-corrected chi connectivity index (χ1v) is 15.7. The third-order valence-electron chi connectivity index (χ3n) is 6.03. The first-order valence-electron chi connectivity index (χ1n) is 11.4. The molecule has 3 unspecified atom stereocenters. The third-order valence-corrected chi connectivity index (χ3v) is 11.3. The van der Waals surface area contributed by atoms with Crippen LogP contribution in [0.25, 0.3) is 6.20 Å². The number of nitrogens with zero attached hydrogens (tertiary/aromatic N) is 3. The molecular weight excluding hydrogens is 555 g/mol. The normalized spacial score (nSPS) is 21.0. The molecule has 0 amide bonds. The molecule has 0 bridgehead atoms. The Balaban J connectivity index is 1.76. The predicted octanol–water partition coefficient (Wildman–Crippen LogP) is 6.49. The summed E-state index contributed by atoms with van der Waals surface area (Å²) in [5.74, 6) is -1.77. The second kappa shape index (κ2) is 11.2. The van der Waals surface area contributed by atoms with E-state index in [-0.39, 0.29) is 26.9 Å². The number of aromatic nitrogens is 2. The van der Waals surface area contributed by atoms with Crippen LogP contribution in [-0.4, -0.2) is 31.4 Å². The fourth-order valence-electron chi connectivity index (χ4n) is 4.18. The lowest BCUT2D eigenvalue weighted by Crippen LogP contribution is -2.25. The zero-order valence-electron chi connectivity index (χ0n) is 20.8. The van der Waals surface area contributed by atoms with E-state index in [1.54, 1.807) is 31.3 Å². The smallest absolute Gasteiger partial charge is 0.274 e. The molecule has 1 aliphatic heterocycles. The lowest BCUT2D eigenvalue weighted by molar-refractivity contribution is 0.591. The highest BCUT2D eigenvalue weighted by Gasteiger charge is 2.50. The summed E-state index contributed by atoms with van der Waals surface area (Å²) in [6.07, 6.45) is 5.19. The first kappa shape index (κ1) is 27.7. The molecule has 3 heterocycles. The molecule has 3 aromatic rings. The second-order valence-electron chi connectivity index (χ2n) is 8.55. The Labute approximate surface area is 226 Å². The van der Waals surface area contributed by atoms with E-state index in [4.69, 9.17) is 11.6 Å². The van der Waals surface area contributed by atoms with Gasteiger partial charge in [0.2, 0.25) is 0 Å². The number of allylic oxidation sites excluding steroid dienone is 2. The van der Waals surface area contributed by atoms with Gasteiger partial charge in [0.1, 0.15) is 16.6 Å². The summed E-state index contributed by atoms with van der Waals surface area (Å²) in [5, 5.41) is 3.86. The summed E-state index contributed by atoms with van der Waals surface area (Å²) < 4.78 is 43.8. The van der Waals surface area contributed by atoms with Gasteiger partial charge in [-0.05, 0) is 44.6 Å². The Kier molecular flexibility index (Phi) is 8.38. The molecule has 37 heavy (non-hydrogen) atoms. The Morgan fingerprint density at radius 1 is 1.35 bits per heavy atom. The molecule has 0 N–H and O–H groups in total. The molecule has 1 fully saturated rings. The van der Waals surface area contributed by atoms with Gasteiger partial charge in [0, 0.05) is 40.1 Å². The molecule has 11 heteroatoms. The van der Waals surface area contributed by atoms with Crippen molar-refractivity contribution in [3.05, 3.63) is 90.9 Å². The molecule has 4 rings (SSSR count). The number of pyridine rings is 1. The van der Waals surface area contributed by atoms with Crippen molar-refractivity contribution in [3.63, 3.8) is 0 Å². The molecule has 194 valence electrons. The van der Waals surface area contributed by atoms with Crippen LogP contribution in [-0.2, 0) is 10.8 Å². The number of hydrogen-bond acceptors (Lipinski definition) is 5. The van der Waals surface area contributed by atoms with Crippen LogP contribution in [0.1, 0.15) is 41.5 Å². The molecule has 5 nitrogen and oxygen atoms in total. The first-order chi connectivity index (χ1) is 17.6. The number of aliphatic imine (C=N–C) groups is 1. The van der Waals surface area contributed by atoms with Crippen LogP contribution in [0.4, 0.5) is 8.78 Å². The number of rotatable bonds is 7. The largest absolute Gasteiger partial charge is 0.284 e. The molecule has 1 aromatic carbocycles. The molecule has 0 saturated carbocycles. The predicted molar refractivity (Wildman–Crippen MR) is 152 cm³/mol. The van der Waals surface area contributed by atoms with Crippen LogP contribution in [0.15, 0.2) is 62.4 Å². The lowest BCUT2D eigenvalue weighted by atomic mass is 10.1. The van der Waals surface area contributed by atoms with Gasteiger partial charge < -0.3 is 0 Å². The molecule has 2 aromatic heterocycles. The lowest BCUT2D eigenvalue weighted by Gasteiger charge is -2.12. The fraction of sp³-hybridized carbons (Fsp3) is 0.269. The topological polar surface area (TPSA) is 64.3 Å². The summed E-state index contributed by atoms with van der Waals surface area (Å²) in [6.45, 7) is 7.46. The molecule has 0 radical (unpaired) electrons. The van der Waals surface area contributed by atoms with Gasteiger partial charge in [-0.1, -0.05) is 38.6 Å². The van der Waals surface area contributed by atoms with E-state index in [2.05, 4.69) is 16.9 Å². The van der Waals surface area contributed by atoms with Crippen LogP contribution in [0.3, 0.4) is 0 Å². The zero-order valence-corrected chi connectivity index (χ0v) is 24.1. The van der Waals surface area contributed by atoms with E-state index in [9.17, 15) is 9.00 Å². The molecule has 1 saturated heterocycles. The van der Waals surface area contributed by atoms with Gasteiger partial charge >= 0.3 is 0 Å². The highest BCUT2D eigenvalue weighted by molar-refractivity contribution is 7.84. The van der Waals surface area contributed by atoms with Gasteiger partial charge in [0.25, 0.3) is 5.56 Å². The van der Waals surface area contributed by atoms with Gasteiger partial charge in [0.15, 0.2) is 5.83 Å². The summed E-state index contributed by atoms with van der Waals surface area (Å²) in [7, 11) is -2.34. The third kappa shape index (κ3) is 5.46. The van der Waals surface area contributed by atoms with E-state index >= 15 is 8.78 Å². The maximum atomic E-state index is 15.6. The fourth-order valence-corrected chi connectivity index (χ4v) is 8.86. The van der Waals surface area contributed by atoms with E-state index in [1.807, 2.05) is 18.4 Å². The van der Waals surface area contributed by atoms with Crippen molar-refractivity contribution in [2.24, 2.45) is 4.99 Å². The van der Waals surface area contributed by atoms with Crippen LogP contribution < -0.4 is 10.9 Å². The maximum absolute atomic E-state index is 15.6. The summed E-state index contributed by atoms with van der Waals surface area (Å²) >= 11 is 8.14. The van der Waals surface area contributed by atoms with Crippen molar-refractivity contribution in [2.45, 2.75) is 43.9 Å². The minimum Gasteiger partial charge on any atom is -0.284 e. The van der Waals surface area contributed by atoms with E-state index in [0.29, 0.717) is 11.4 Å². The van der Waals surface area contributed by atoms with Crippen LogP contribution in [0.5, 0.6) is 0 Å². The van der Waals surface area contributed by atoms with E-state index < -0.39 is 35.9 Å². The summed E-state index contributed by atoms with van der Waals surface area (Å²) in [5.41, 5.74) is 1.03. The molecule has 0 aliphatic carbocycles. The number of benzene rings is 1. The zero-order chi connectivity index (χ0) is 27.0. The number of thiazole rings is 1. The highest BCUT2D eigenvalue weighted by atomic mass is 35.5. The SMILES string of the molecule is C/C=C/N=C(/C(F)=C/n1c(C)cc(P2C(c3csc(C)n3)[C@H]2C)c(Cl)c1=O)c1cccc(S(C)=O)c1F. The van der Waals surface area contributed by atoms with Crippen molar-refractivity contribution in [2.75, 3.05) is 6.26 Å². The second-order valence-corrected chi connectivity index (χ2v) is 14.0. The van der Waals surface area contributed by atoms with Crippen molar-refractivity contribution >= 4 is 58.9 Å². The standard InChI is InChI=1S/C26H25ClF2N3O2PS2/c1-6-10-30-24(17-8-7-9-21(23(17)29)37(5)34)18(28)12-32-14(2)11-20(22(27)26(32)33)35-15(3)25(35)19-13-36-16(4)31-19/h6-13,15,25H,1-5H3/b10-6+,18-12-,30-24+/t15-,25?,35?,37?/m1/s1. The van der Waals surface area contributed by atoms with Crippen molar-refractivity contribution in [1.82, 2.24) is 9.55 Å². The van der Waals surface area contributed by atoms with Crippen LogP contribution >= 0.6 is 30.9 Å². The Morgan fingerprint density at radius 2 is 2.08 bits per heavy atom. The monoisotopic (exact) mass is 579 g/mol. The van der Waals surface area contributed by atoms with E-state index in [0.717, 1.165) is 26.8 Å². The average molecular weight is 580 g/mol. The highest BCUT2D eigenvalue weighted by Crippen LogP contribution is 2.75. The quantitative estimate of drug-likeness (QED) is 0.237. The van der Waals surface area contributed by atoms with Crippen molar-refractivity contribution < 1.29 is 13.0 Å². The van der Waals surface area contributed by atoms with Gasteiger partial charge in [-0.2, -0.15) is 0 Å². The van der Waals surface area contributed by atoms with Gasteiger partial charge in [-0.3, -0.25) is 18.6 Å². The average Bonchev–Trinajstić information content (AvgIpc) is 3.32. The Morgan fingerprint density at radius 3 is 2.70 bits per heavy atom. The van der Waals surface area contributed by atoms with E-state index in [1.165, 1.54) is 30.7 Å². The molecule has 4 atom stereocenters. The van der Waals surface area contributed by atoms with Crippen molar-refractivity contribution in [3.8, 4) is 0 Å². The van der Waals surface area contributed by atoms with Crippen molar-refractivity contribution in [1.29, 1.82) is 0 Å². The minimum absolute atomic E-state index is 0.0450. The number of aryl methyl sites for hydroxylation is 2. The molecule has 1 aliphatic rings. The Hall–Kier alpha value is -2.32. The molecule has 0 spiro atoms. The minimum atomic E-state index is -1.62. The maximum Gasteiger partial charge on any atom is 0.274 e. The van der Waals surface area contributed by atoms with Crippen LogP contribution in [0, 0.1) is 19.7 Å². The van der Waals surface area contributed by atoms with Gasteiger partial charge in [-0.15, -0.1) is 11.3 Å².